The first-order valence-electron chi connectivity index (χ1n) is 17.9. The number of nitrogens with zero attached hydrogens (tertiary/aromatic N) is 2. The van der Waals surface area contributed by atoms with Crippen LogP contribution in [0.15, 0.2) is 30.3 Å². The number of carbonyl (C=O) groups is 2. The molecule has 2 heterocycles. The largest absolute Gasteiger partial charge is 0.426 e. The molecule has 1 aromatic rings. The number of unbranched alkanes of at least 4 members (excludes halogenated alkanes) is 12. The minimum absolute atomic E-state index is 0.187. The number of benzene rings is 1. The van der Waals surface area contributed by atoms with Crippen LogP contribution in [0.2, 0.25) is 0 Å². The lowest BCUT2D eigenvalue weighted by Crippen LogP contribution is -2.63. The van der Waals surface area contributed by atoms with Crippen molar-refractivity contribution < 1.29 is 18.7 Å². The molecule has 0 aromatic heterocycles. The third-order valence-corrected chi connectivity index (χ3v) is 9.72. The molecule has 1 amide bonds. The van der Waals surface area contributed by atoms with Crippen LogP contribution in [0.5, 0.6) is 0 Å². The molecule has 0 aliphatic carbocycles. The molecule has 44 heavy (non-hydrogen) atoms. The molecule has 2 fully saturated rings. The van der Waals surface area contributed by atoms with E-state index < -0.39 is 5.54 Å². The number of esters is 1. The number of hydrogen-bond acceptors (Lipinski definition) is 5. The molecule has 2 N–H and O–H groups in total. The quantitative estimate of drug-likeness (QED) is 0.0856. The Bertz CT molecular complexity index is 982. The first kappa shape index (κ1) is 36.2. The van der Waals surface area contributed by atoms with Crippen molar-refractivity contribution in [3.05, 3.63) is 41.7 Å². The van der Waals surface area contributed by atoms with Crippen molar-refractivity contribution in [1.82, 2.24) is 9.80 Å². The van der Waals surface area contributed by atoms with Crippen LogP contribution in [0, 0.1) is 5.82 Å². The number of hydrogen-bond donors (Lipinski definition) is 1. The Morgan fingerprint density at radius 1 is 0.818 bits per heavy atom. The normalized spacial score (nSPS) is 17.9. The smallest absolute Gasteiger partial charge is 0.311 e. The van der Waals surface area contributed by atoms with Gasteiger partial charge in [0.15, 0.2) is 0 Å². The van der Waals surface area contributed by atoms with Gasteiger partial charge in [-0.3, -0.25) is 14.5 Å². The number of nitrogens with two attached hydrogens (primary N) is 1. The number of piperidine rings is 2. The number of primary amides is 1. The summed E-state index contributed by atoms with van der Waals surface area (Å²) in [5.41, 5.74) is 6.14. The molecule has 2 aliphatic rings. The van der Waals surface area contributed by atoms with Crippen molar-refractivity contribution in [2.24, 2.45) is 5.73 Å². The Morgan fingerprint density at radius 3 is 1.91 bits per heavy atom. The van der Waals surface area contributed by atoms with Crippen molar-refractivity contribution in [3.8, 4) is 0 Å². The summed E-state index contributed by atoms with van der Waals surface area (Å²) in [5, 5.41) is 0. The van der Waals surface area contributed by atoms with Gasteiger partial charge in [0.1, 0.15) is 17.1 Å². The highest BCUT2D eigenvalue weighted by Crippen LogP contribution is 2.32. The molecule has 0 radical (unpaired) electrons. The van der Waals surface area contributed by atoms with Gasteiger partial charge in [0.05, 0.1) is 0 Å². The molecule has 0 bridgehead atoms. The molecule has 2 aliphatic heterocycles. The lowest BCUT2D eigenvalue weighted by Gasteiger charge is -2.48. The van der Waals surface area contributed by atoms with Crippen molar-refractivity contribution in [1.29, 1.82) is 0 Å². The fourth-order valence-corrected chi connectivity index (χ4v) is 6.86. The number of amides is 1. The molecule has 0 unspecified atom stereocenters. The lowest BCUT2D eigenvalue weighted by molar-refractivity contribution is -0.137. The maximum absolute atomic E-state index is 13.6. The summed E-state index contributed by atoms with van der Waals surface area (Å²) in [6.45, 7) is 6.61. The van der Waals surface area contributed by atoms with E-state index in [1.807, 2.05) is 6.08 Å². The molecule has 2 saturated heterocycles. The zero-order chi connectivity index (χ0) is 31.5. The van der Waals surface area contributed by atoms with Crippen LogP contribution in [-0.2, 0) is 14.3 Å². The van der Waals surface area contributed by atoms with Crippen molar-refractivity contribution in [2.75, 3.05) is 32.7 Å². The van der Waals surface area contributed by atoms with Crippen LogP contribution in [0.1, 0.15) is 141 Å². The zero-order valence-corrected chi connectivity index (χ0v) is 27.6. The monoisotopic (exact) mass is 613 g/mol. The predicted octanol–water partition coefficient (Wildman–Crippen LogP) is 8.39. The highest BCUT2D eigenvalue weighted by atomic mass is 19.1. The fourth-order valence-electron chi connectivity index (χ4n) is 6.86. The van der Waals surface area contributed by atoms with E-state index in [9.17, 15) is 14.0 Å². The van der Waals surface area contributed by atoms with Crippen molar-refractivity contribution in [2.45, 2.75) is 141 Å². The van der Waals surface area contributed by atoms with Crippen LogP contribution < -0.4 is 5.73 Å². The first-order chi connectivity index (χ1) is 21.4. The molecule has 248 valence electrons. The second-order valence-electron chi connectivity index (χ2n) is 13.1. The van der Waals surface area contributed by atoms with Gasteiger partial charge < -0.3 is 15.4 Å². The molecule has 0 atom stereocenters. The molecular weight excluding hydrogens is 553 g/mol. The number of halogens is 1. The Labute approximate surface area is 267 Å². The van der Waals surface area contributed by atoms with Crippen LogP contribution in [0.3, 0.4) is 0 Å². The molecule has 6 nitrogen and oxygen atoms in total. The highest BCUT2D eigenvalue weighted by Gasteiger charge is 2.44. The van der Waals surface area contributed by atoms with E-state index in [1.165, 1.54) is 82.8 Å². The van der Waals surface area contributed by atoms with Crippen LogP contribution in [0.25, 0.3) is 5.76 Å². The Kier molecular flexibility index (Phi) is 17.1. The van der Waals surface area contributed by atoms with E-state index in [0.29, 0.717) is 24.2 Å². The molecule has 0 spiro atoms. The first-order valence-corrected chi connectivity index (χ1v) is 17.9. The minimum Gasteiger partial charge on any atom is -0.426 e. The molecule has 3 rings (SSSR count). The number of rotatable bonds is 21. The molecular formula is C37H60FN3O3. The van der Waals surface area contributed by atoms with Gasteiger partial charge in [-0.2, -0.15) is 0 Å². The zero-order valence-electron chi connectivity index (χ0n) is 27.6. The SMILES string of the molecule is CCCCCCCCCCCCCCCC(=O)O/C(=C\CCN1CCC(C(N)=O)(N2CCCCC2)CC1)c1ccc(F)cc1. The van der Waals surface area contributed by atoms with Gasteiger partial charge in [-0.05, 0) is 82.0 Å². The summed E-state index contributed by atoms with van der Waals surface area (Å²) >= 11 is 0. The Balaban J connectivity index is 1.37. The second kappa shape index (κ2) is 20.7. The van der Waals surface area contributed by atoms with Crippen LogP contribution >= 0.6 is 0 Å². The van der Waals surface area contributed by atoms with E-state index in [1.54, 1.807) is 12.1 Å². The Morgan fingerprint density at radius 2 is 1.36 bits per heavy atom. The Hall–Kier alpha value is -2.25. The average molecular weight is 614 g/mol. The van der Waals surface area contributed by atoms with Crippen LogP contribution in [-0.4, -0.2) is 59.9 Å². The molecule has 0 saturated carbocycles. The number of carbonyl (C=O) groups excluding carboxylic acids is 2. The van der Waals surface area contributed by atoms with Gasteiger partial charge in [0.25, 0.3) is 0 Å². The standard InChI is InChI=1S/C37H60FN3O3/c1-2-3-4-5-6-7-8-9-10-11-12-13-15-20-35(42)44-34(32-21-23-33(38)24-22-32)19-18-27-40-30-25-37(26-31-40,36(39)43)41-28-16-14-17-29-41/h19,21-24H,2-18,20,25-31H2,1H3,(H2,39,43)/b34-19-. The van der Waals surface area contributed by atoms with E-state index in [0.717, 1.165) is 77.7 Å². The summed E-state index contributed by atoms with van der Waals surface area (Å²) in [5.74, 6) is -0.227. The summed E-state index contributed by atoms with van der Waals surface area (Å²) < 4.78 is 19.4. The summed E-state index contributed by atoms with van der Waals surface area (Å²) in [6, 6.07) is 6.14. The maximum Gasteiger partial charge on any atom is 0.311 e. The van der Waals surface area contributed by atoms with Crippen molar-refractivity contribution in [3.63, 3.8) is 0 Å². The van der Waals surface area contributed by atoms with Crippen LogP contribution in [0.4, 0.5) is 4.39 Å². The second-order valence-corrected chi connectivity index (χ2v) is 13.1. The third-order valence-electron chi connectivity index (χ3n) is 9.72. The van der Waals surface area contributed by atoms with Gasteiger partial charge in [0, 0.05) is 31.6 Å². The van der Waals surface area contributed by atoms with E-state index in [2.05, 4.69) is 16.7 Å². The topological polar surface area (TPSA) is 75.9 Å². The van der Waals surface area contributed by atoms with E-state index in [-0.39, 0.29) is 17.7 Å². The van der Waals surface area contributed by atoms with Crippen molar-refractivity contribution >= 4 is 17.6 Å². The lowest BCUT2D eigenvalue weighted by atomic mass is 9.83. The van der Waals surface area contributed by atoms with E-state index in [4.69, 9.17) is 10.5 Å². The summed E-state index contributed by atoms with van der Waals surface area (Å²) in [7, 11) is 0. The molecule has 7 heteroatoms. The summed E-state index contributed by atoms with van der Waals surface area (Å²) in [6.07, 6.45) is 24.5. The van der Waals surface area contributed by atoms with Gasteiger partial charge in [-0.25, -0.2) is 4.39 Å². The number of ether oxygens (including phenoxy) is 1. The minimum atomic E-state index is -0.519. The summed E-state index contributed by atoms with van der Waals surface area (Å²) in [4.78, 5) is 30.0. The van der Waals surface area contributed by atoms with Gasteiger partial charge >= 0.3 is 5.97 Å². The maximum atomic E-state index is 13.6. The van der Waals surface area contributed by atoms with Gasteiger partial charge in [-0.1, -0.05) is 90.4 Å². The van der Waals surface area contributed by atoms with Gasteiger partial charge in [-0.15, -0.1) is 0 Å². The predicted molar refractivity (Wildman–Crippen MR) is 178 cm³/mol. The average Bonchev–Trinajstić information content (AvgIpc) is 3.04. The fraction of sp³-hybridized carbons (Fsp3) is 0.730. The third kappa shape index (κ3) is 12.6. The molecule has 1 aromatic carbocycles. The number of likely N-dealkylation sites (tertiary alicyclic amines) is 2. The van der Waals surface area contributed by atoms with Gasteiger partial charge in [0.2, 0.25) is 5.91 Å². The van der Waals surface area contributed by atoms with E-state index >= 15 is 0 Å². The highest BCUT2D eigenvalue weighted by molar-refractivity contribution is 5.85.